The van der Waals surface area contributed by atoms with E-state index in [0.29, 0.717) is 15.6 Å². The fourth-order valence-electron chi connectivity index (χ4n) is 2.97. The molecular formula is C24H18Cl2N2O4S2. The molecule has 0 aliphatic carbocycles. The molecule has 0 saturated carbocycles. The molecule has 0 radical (unpaired) electrons. The predicted octanol–water partition coefficient (Wildman–Crippen LogP) is 6.27. The molecule has 0 aromatic heterocycles. The molecule has 1 saturated heterocycles. The fourth-order valence-corrected chi connectivity index (χ4v) is 5.45. The Morgan fingerprint density at radius 2 is 1.50 bits per heavy atom. The molecule has 6 nitrogen and oxygen atoms in total. The number of nitrogens with zero attached hydrogens (tertiary/aromatic N) is 1. The summed E-state index contributed by atoms with van der Waals surface area (Å²) in [6.07, 6.45) is 1.59. The topological polar surface area (TPSA) is 84.8 Å². The van der Waals surface area contributed by atoms with Gasteiger partial charge < -0.3 is 9.50 Å². The molecule has 1 fully saturated rings. The minimum atomic E-state index is -4.13. The van der Waals surface area contributed by atoms with Crippen LogP contribution in [-0.4, -0.2) is 19.5 Å². The number of hydrogen-bond acceptors (Lipinski definition) is 6. The standard InChI is InChI=1S/C24H18Cl2N2O4S2/c1-14-3-7-17(8-4-14)27-24-28-23(29)21(33-24)13-16-11-19(25)22(20(26)12-16)32-34(30,31)18-9-5-15(2)6-10-18/h3-13H,1-2H3,(H,27,28,29)/b21-13-. The van der Waals surface area contributed by atoms with Crippen LogP contribution in [0.5, 0.6) is 5.75 Å². The molecule has 174 valence electrons. The highest BCUT2D eigenvalue weighted by atomic mass is 35.5. The molecule has 3 aromatic rings. The van der Waals surface area contributed by atoms with Gasteiger partial charge in [0.15, 0.2) is 10.9 Å². The lowest BCUT2D eigenvalue weighted by atomic mass is 10.2. The van der Waals surface area contributed by atoms with E-state index in [1.54, 1.807) is 18.2 Å². The van der Waals surface area contributed by atoms with Crippen molar-refractivity contribution in [2.45, 2.75) is 18.7 Å². The number of aliphatic imine (C=N–C) groups is 1. The van der Waals surface area contributed by atoms with Crippen molar-refractivity contribution < 1.29 is 17.4 Å². The maximum atomic E-state index is 12.6. The van der Waals surface area contributed by atoms with E-state index in [-0.39, 0.29) is 26.6 Å². The average Bonchev–Trinajstić information content (AvgIpc) is 3.11. The highest BCUT2D eigenvalue weighted by Gasteiger charge is 2.25. The maximum Gasteiger partial charge on any atom is 0.339 e. The van der Waals surface area contributed by atoms with Crippen molar-refractivity contribution in [1.82, 2.24) is 5.32 Å². The van der Waals surface area contributed by atoms with E-state index in [1.165, 1.54) is 36.0 Å². The second-order valence-corrected chi connectivity index (χ2v) is 10.9. The summed E-state index contributed by atoms with van der Waals surface area (Å²) >= 11 is 13.8. The molecule has 34 heavy (non-hydrogen) atoms. The van der Waals surface area contributed by atoms with Gasteiger partial charge in [0.1, 0.15) is 4.90 Å². The summed E-state index contributed by atoms with van der Waals surface area (Å²) in [4.78, 5) is 17.2. The van der Waals surface area contributed by atoms with Crippen molar-refractivity contribution >= 4 is 67.9 Å². The lowest BCUT2D eigenvalue weighted by Gasteiger charge is -2.11. The number of aryl methyl sites for hydroxylation is 2. The molecule has 1 N–H and O–H groups in total. The third-order valence-electron chi connectivity index (χ3n) is 4.74. The van der Waals surface area contributed by atoms with E-state index < -0.39 is 10.1 Å². The minimum absolute atomic E-state index is 0.00742. The highest BCUT2D eigenvalue weighted by Crippen LogP contribution is 2.38. The summed E-state index contributed by atoms with van der Waals surface area (Å²) in [7, 11) is -4.13. The van der Waals surface area contributed by atoms with Crippen LogP contribution in [0.3, 0.4) is 0 Å². The number of carbonyl (C=O) groups excluding carboxylic acids is 1. The van der Waals surface area contributed by atoms with Crippen LogP contribution in [0.1, 0.15) is 16.7 Å². The Balaban J connectivity index is 1.56. The summed E-state index contributed by atoms with van der Waals surface area (Å²) in [5.74, 6) is -0.499. The van der Waals surface area contributed by atoms with Crippen LogP contribution >= 0.6 is 35.0 Å². The minimum Gasteiger partial charge on any atom is -0.376 e. The number of hydrogen-bond donors (Lipinski definition) is 1. The van der Waals surface area contributed by atoms with E-state index in [0.717, 1.165) is 16.8 Å². The van der Waals surface area contributed by atoms with E-state index in [1.807, 2.05) is 38.1 Å². The predicted molar refractivity (Wildman–Crippen MR) is 137 cm³/mol. The molecule has 1 heterocycles. The third-order valence-corrected chi connectivity index (χ3v) is 7.44. The zero-order valence-corrected chi connectivity index (χ0v) is 21.1. The molecule has 3 aromatic carbocycles. The Kier molecular flexibility index (Phi) is 7.04. The van der Waals surface area contributed by atoms with Crippen LogP contribution in [0.15, 0.2) is 75.5 Å². The van der Waals surface area contributed by atoms with Crippen LogP contribution in [0.2, 0.25) is 10.0 Å². The molecule has 0 atom stereocenters. The SMILES string of the molecule is Cc1ccc(N=C2NC(=O)/C(=C/c3cc(Cl)c(OS(=O)(=O)c4ccc(C)cc4)c(Cl)c3)S2)cc1. The van der Waals surface area contributed by atoms with Crippen LogP contribution in [0, 0.1) is 13.8 Å². The molecule has 1 aliphatic rings. The molecule has 0 unspecified atom stereocenters. The Hall–Kier alpha value is -2.78. The van der Waals surface area contributed by atoms with E-state index in [4.69, 9.17) is 27.4 Å². The summed E-state index contributed by atoms with van der Waals surface area (Å²) in [5, 5.41) is 3.15. The van der Waals surface area contributed by atoms with Crippen molar-refractivity contribution in [2.75, 3.05) is 0 Å². The normalized spacial score (nSPS) is 16.2. The molecule has 1 amide bonds. The van der Waals surface area contributed by atoms with Gasteiger partial charge in [-0.3, -0.25) is 4.79 Å². The number of benzene rings is 3. The first kappa shape index (κ1) is 24.3. The summed E-state index contributed by atoms with van der Waals surface area (Å²) in [5.41, 5.74) is 3.25. The largest absolute Gasteiger partial charge is 0.376 e. The van der Waals surface area contributed by atoms with Gasteiger partial charge in [-0.15, -0.1) is 0 Å². The van der Waals surface area contributed by atoms with E-state index in [9.17, 15) is 13.2 Å². The van der Waals surface area contributed by atoms with Crippen LogP contribution in [-0.2, 0) is 14.9 Å². The van der Waals surface area contributed by atoms with Crippen molar-refractivity contribution in [3.8, 4) is 5.75 Å². The van der Waals surface area contributed by atoms with Gasteiger partial charge in [0.2, 0.25) is 0 Å². The quantitative estimate of drug-likeness (QED) is 0.309. The van der Waals surface area contributed by atoms with Crippen molar-refractivity contribution in [2.24, 2.45) is 4.99 Å². The zero-order valence-electron chi connectivity index (χ0n) is 18.0. The van der Waals surface area contributed by atoms with Gasteiger partial charge in [-0.1, -0.05) is 58.6 Å². The zero-order chi connectivity index (χ0) is 24.5. The fraction of sp³-hybridized carbons (Fsp3) is 0.0833. The first-order valence-corrected chi connectivity index (χ1v) is 13.0. The number of halogens is 2. The first-order valence-electron chi connectivity index (χ1n) is 9.97. The van der Waals surface area contributed by atoms with Crippen molar-refractivity contribution in [1.29, 1.82) is 0 Å². The summed E-state index contributed by atoms with van der Waals surface area (Å²) in [6, 6.07) is 16.7. The van der Waals surface area contributed by atoms with Gasteiger partial charge in [0, 0.05) is 0 Å². The van der Waals surface area contributed by atoms with Crippen LogP contribution in [0.4, 0.5) is 5.69 Å². The number of amides is 1. The Bertz CT molecular complexity index is 1410. The molecule has 4 rings (SSSR count). The number of rotatable bonds is 5. The van der Waals surface area contributed by atoms with Crippen LogP contribution in [0.25, 0.3) is 6.08 Å². The lowest BCUT2D eigenvalue weighted by molar-refractivity contribution is -0.115. The summed E-state index contributed by atoms with van der Waals surface area (Å²) in [6.45, 7) is 3.83. The monoisotopic (exact) mass is 532 g/mol. The molecule has 1 aliphatic heterocycles. The first-order chi connectivity index (χ1) is 16.1. The molecule has 0 spiro atoms. The highest BCUT2D eigenvalue weighted by molar-refractivity contribution is 8.18. The van der Waals surface area contributed by atoms with Gasteiger partial charge in [-0.25, -0.2) is 4.99 Å². The van der Waals surface area contributed by atoms with Gasteiger partial charge in [-0.05, 0) is 73.6 Å². The Morgan fingerprint density at radius 1 is 0.941 bits per heavy atom. The number of nitrogens with one attached hydrogen (secondary N) is 1. The second-order valence-electron chi connectivity index (χ2n) is 7.48. The number of thioether (sulfide) groups is 1. The van der Waals surface area contributed by atoms with Crippen LogP contribution < -0.4 is 9.50 Å². The van der Waals surface area contributed by atoms with Crippen molar-refractivity contribution in [3.05, 3.63) is 92.3 Å². The Labute approximate surface area is 211 Å². The van der Waals surface area contributed by atoms with Gasteiger partial charge in [0.05, 0.1) is 20.6 Å². The second kappa shape index (κ2) is 9.84. The number of amidine groups is 1. The van der Waals surface area contributed by atoms with E-state index in [2.05, 4.69) is 10.3 Å². The smallest absolute Gasteiger partial charge is 0.339 e. The third kappa shape index (κ3) is 5.64. The average molecular weight is 533 g/mol. The molecular weight excluding hydrogens is 515 g/mol. The van der Waals surface area contributed by atoms with Gasteiger partial charge >= 0.3 is 10.1 Å². The van der Waals surface area contributed by atoms with E-state index >= 15 is 0 Å². The van der Waals surface area contributed by atoms with Gasteiger partial charge in [-0.2, -0.15) is 8.42 Å². The van der Waals surface area contributed by atoms with Crippen molar-refractivity contribution in [3.63, 3.8) is 0 Å². The maximum absolute atomic E-state index is 12.6. The summed E-state index contributed by atoms with van der Waals surface area (Å²) < 4.78 is 30.4. The Morgan fingerprint density at radius 3 is 2.09 bits per heavy atom. The lowest BCUT2D eigenvalue weighted by Crippen LogP contribution is -2.19. The molecule has 10 heteroatoms. The molecule has 0 bridgehead atoms. The number of carbonyl (C=O) groups is 1. The van der Waals surface area contributed by atoms with Gasteiger partial charge in [0.25, 0.3) is 5.91 Å².